The molecule has 0 spiro atoms. The van der Waals surface area contributed by atoms with Crippen LogP contribution in [0.2, 0.25) is 0 Å². The lowest BCUT2D eigenvalue weighted by molar-refractivity contribution is -0.138. The molecule has 0 heterocycles. The summed E-state index contributed by atoms with van der Waals surface area (Å²) >= 11 is 1.58. The third-order valence-corrected chi connectivity index (χ3v) is 6.10. The SMILES string of the molecule is CC[C@H](C)NC(=O)[C@@H](C)N(Cc1ccccc1C)C(=O)CSCc1ccccc1. The van der Waals surface area contributed by atoms with Gasteiger partial charge in [-0.25, -0.2) is 0 Å². The molecule has 2 rings (SSSR count). The molecule has 0 radical (unpaired) electrons. The Morgan fingerprint density at radius 1 is 1.03 bits per heavy atom. The van der Waals surface area contributed by atoms with Crippen molar-refractivity contribution in [2.75, 3.05) is 5.75 Å². The molecule has 0 aliphatic heterocycles. The fourth-order valence-electron chi connectivity index (χ4n) is 2.93. The molecule has 156 valence electrons. The van der Waals surface area contributed by atoms with Crippen molar-refractivity contribution in [3.05, 3.63) is 71.3 Å². The van der Waals surface area contributed by atoms with Gasteiger partial charge in [-0.05, 0) is 43.9 Å². The minimum Gasteiger partial charge on any atom is -0.352 e. The van der Waals surface area contributed by atoms with E-state index in [1.807, 2.05) is 70.2 Å². The number of benzene rings is 2. The van der Waals surface area contributed by atoms with E-state index in [1.54, 1.807) is 16.7 Å². The molecule has 2 aromatic carbocycles. The summed E-state index contributed by atoms with van der Waals surface area (Å²) in [6.45, 7) is 8.30. The molecular formula is C24H32N2O2S. The number of aryl methyl sites for hydroxylation is 1. The number of amides is 2. The standard InChI is InChI=1S/C24H32N2O2S/c1-5-19(3)25-24(28)20(4)26(15-22-14-10-9-11-18(22)2)23(27)17-29-16-21-12-7-6-8-13-21/h6-14,19-20H,5,15-17H2,1-4H3,(H,25,28)/t19-,20+/m0/s1. The highest BCUT2D eigenvalue weighted by molar-refractivity contribution is 7.99. The average Bonchev–Trinajstić information content (AvgIpc) is 2.73. The summed E-state index contributed by atoms with van der Waals surface area (Å²) in [5, 5.41) is 3.01. The maximum absolute atomic E-state index is 13.1. The van der Waals surface area contributed by atoms with Gasteiger partial charge in [0.2, 0.25) is 11.8 Å². The fourth-order valence-corrected chi connectivity index (χ4v) is 3.80. The van der Waals surface area contributed by atoms with Crippen molar-refractivity contribution < 1.29 is 9.59 Å². The van der Waals surface area contributed by atoms with Crippen LogP contribution in [0.1, 0.15) is 43.9 Å². The van der Waals surface area contributed by atoms with Gasteiger partial charge >= 0.3 is 0 Å². The van der Waals surface area contributed by atoms with Crippen LogP contribution in [0.25, 0.3) is 0 Å². The molecule has 0 aliphatic rings. The lowest BCUT2D eigenvalue weighted by atomic mass is 10.1. The molecule has 0 aliphatic carbocycles. The number of nitrogens with zero attached hydrogens (tertiary/aromatic N) is 1. The second kappa shape index (κ2) is 11.7. The van der Waals surface area contributed by atoms with Crippen LogP contribution in [0.3, 0.4) is 0 Å². The Bertz CT molecular complexity index is 794. The molecule has 0 bridgehead atoms. The lowest BCUT2D eigenvalue weighted by Gasteiger charge is -2.30. The smallest absolute Gasteiger partial charge is 0.242 e. The predicted molar refractivity (Wildman–Crippen MR) is 122 cm³/mol. The number of hydrogen-bond acceptors (Lipinski definition) is 3. The first-order valence-electron chi connectivity index (χ1n) is 10.2. The first kappa shape index (κ1) is 23.0. The normalized spacial score (nSPS) is 12.8. The Kier molecular flexibility index (Phi) is 9.26. The van der Waals surface area contributed by atoms with Crippen LogP contribution in [0.15, 0.2) is 54.6 Å². The molecule has 2 amide bonds. The van der Waals surface area contributed by atoms with E-state index in [4.69, 9.17) is 0 Å². The summed E-state index contributed by atoms with van der Waals surface area (Å²) in [4.78, 5) is 27.5. The maximum atomic E-state index is 13.1. The minimum absolute atomic E-state index is 0.0130. The lowest BCUT2D eigenvalue weighted by Crippen LogP contribution is -2.50. The second-order valence-electron chi connectivity index (χ2n) is 7.42. The Labute approximate surface area is 179 Å². The first-order chi connectivity index (χ1) is 13.9. The zero-order valence-electron chi connectivity index (χ0n) is 17.9. The van der Waals surface area contributed by atoms with E-state index in [9.17, 15) is 9.59 Å². The Morgan fingerprint density at radius 3 is 2.34 bits per heavy atom. The highest BCUT2D eigenvalue weighted by Gasteiger charge is 2.27. The molecule has 29 heavy (non-hydrogen) atoms. The third-order valence-electron chi connectivity index (χ3n) is 5.11. The second-order valence-corrected chi connectivity index (χ2v) is 8.41. The summed E-state index contributed by atoms with van der Waals surface area (Å²) in [6, 6.07) is 17.7. The molecule has 0 aromatic heterocycles. The van der Waals surface area contributed by atoms with Gasteiger partial charge in [0.05, 0.1) is 5.75 Å². The van der Waals surface area contributed by atoms with Crippen molar-refractivity contribution in [2.24, 2.45) is 0 Å². The predicted octanol–water partition coefficient (Wildman–Crippen LogP) is 4.56. The molecule has 1 N–H and O–H groups in total. The fraction of sp³-hybridized carbons (Fsp3) is 0.417. The zero-order valence-corrected chi connectivity index (χ0v) is 18.7. The topological polar surface area (TPSA) is 49.4 Å². The number of thioether (sulfide) groups is 1. The van der Waals surface area contributed by atoms with Gasteiger partial charge in [-0.15, -0.1) is 11.8 Å². The molecule has 2 aromatic rings. The van der Waals surface area contributed by atoms with Crippen LogP contribution in [0.4, 0.5) is 0 Å². The summed E-state index contributed by atoms with van der Waals surface area (Å²) in [6.07, 6.45) is 0.858. The van der Waals surface area contributed by atoms with Crippen molar-refractivity contribution in [3.63, 3.8) is 0 Å². The van der Waals surface area contributed by atoms with Gasteiger partial charge in [-0.1, -0.05) is 61.5 Å². The Morgan fingerprint density at radius 2 is 1.69 bits per heavy atom. The molecular weight excluding hydrogens is 380 g/mol. The number of rotatable bonds is 10. The number of nitrogens with one attached hydrogen (secondary N) is 1. The van der Waals surface area contributed by atoms with E-state index in [2.05, 4.69) is 17.4 Å². The van der Waals surface area contributed by atoms with Crippen LogP contribution in [-0.2, 0) is 21.9 Å². The first-order valence-corrected chi connectivity index (χ1v) is 11.3. The van der Waals surface area contributed by atoms with Gasteiger partial charge in [-0.3, -0.25) is 9.59 Å². The van der Waals surface area contributed by atoms with Crippen molar-refractivity contribution in [3.8, 4) is 0 Å². The summed E-state index contributed by atoms with van der Waals surface area (Å²) in [7, 11) is 0. The van der Waals surface area contributed by atoms with Gasteiger partial charge in [0.25, 0.3) is 0 Å². The minimum atomic E-state index is -0.520. The quantitative estimate of drug-likeness (QED) is 0.622. The van der Waals surface area contributed by atoms with Gasteiger partial charge in [0.1, 0.15) is 6.04 Å². The largest absolute Gasteiger partial charge is 0.352 e. The average molecular weight is 413 g/mol. The third kappa shape index (κ3) is 7.24. The highest BCUT2D eigenvalue weighted by Crippen LogP contribution is 2.17. The molecule has 5 heteroatoms. The summed E-state index contributed by atoms with van der Waals surface area (Å²) < 4.78 is 0. The van der Waals surface area contributed by atoms with E-state index >= 15 is 0 Å². The molecule has 0 saturated heterocycles. The van der Waals surface area contributed by atoms with Crippen molar-refractivity contribution in [1.82, 2.24) is 10.2 Å². The highest BCUT2D eigenvalue weighted by atomic mass is 32.2. The van der Waals surface area contributed by atoms with Crippen LogP contribution >= 0.6 is 11.8 Å². The molecule has 4 nitrogen and oxygen atoms in total. The van der Waals surface area contributed by atoms with E-state index in [1.165, 1.54) is 5.56 Å². The molecule has 2 atom stereocenters. The van der Waals surface area contributed by atoms with Crippen LogP contribution in [0.5, 0.6) is 0 Å². The van der Waals surface area contributed by atoms with Gasteiger partial charge in [0, 0.05) is 18.3 Å². The number of hydrogen-bond donors (Lipinski definition) is 1. The van der Waals surface area contributed by atoms with E-state index in [0.29, 0.717) is 12.3 Å². The molecule has 0 unspecified atom stereocenters. The van der Waals surface area contributed by atoms with Crippen molar-refractivity contribution in [1.29, 1.82) is 0 Å². The Balaban J connectivity index is 2.08. The maximum Gasteiger partial charge on any atom is 0.242 e. The van der Waals surface area contributed by atoms with Gasteiger partial charge in [-0.2, -0.15) is 0 Å². The summed E-state index contributed by atoms with van der Waals surface area (Å²) in [5.41, 5.74) is 3.38. The molecule has 0 fully saturated rings. The van der Waals surface area contributed by atoms with E-state index < -0.39 is 6.04 Å². The van der Waals surface area contributed by atoms with E-state index in [-0.39, 0.29) is 17.9 Å². The Hall–Kier alpha value is -2.27. The van der Waals surface area contributed by atoms with E-state index in [0.717, 1.165) is 23.3 Å². The number of carbonyl (C=O) groups excluding carboxylic acids is 2. The van der Waals surface area contributed by atoms with Crippen molar-refractivity contribution >= 4 is 23.6 Å². The van der Waals surface area contributed by atoms with Crippen LogP contribution in [0, 0.1) is 6.92 Å². The molecule has 0 saturated carbocycles. The number of carbonyl (C=O) groups is 2. The van der Waals surface area contributed by atoms with Crippen molar-refractivity contribution in [2.45, 2.75) is 58.5 Å². The monoisotopic (exact) mass is 412 g/mol. The van der Waals surface area contributed by atoms with Gasteiger partial charge in [0.15, 0.2) is 0 Å². The zero-order chi connectivity index (χ0) is 21.2. The van der Waals surface area contributed by atoms with Crippen LogP contribution < -0.4 is 5.32 Å². The van der Waals surface area contributed by atoms with Crippen LogP contribution in [-0.4, -0.2) is 34.6 Å². The van der Waals surface area contributed by atoms with Gasteiger partial charge < -0.3 is 10.2 Å². The summed E-state index contributed by atoms with van der Waals surface area (Å²) in [5.74, 6) is 1.01.